The summed E-state index contributed by atoms with van der Waals surface area (Å²) < 4.78 is 0. The van der Waals surface area contributed by atoms with Gasteiger partial charge in [0.05, 0.1) is 0 Å². The number of hydrogen-bond donors (Lipinski definition) is 1. The molecule has 1 aliphatic heterocycles. The van der Waals surface area contributed by atoms with Gasteiger partial charge in [0.25, 0.3) is 0 Å². The molecule has 0 amide bonds. The molecule has 0 saturated carbocycles. The SMILES string of the molecule is NC[C@@H]1CCCCN1c1ncccn1. The van der Waals surface area contributed by atoms with Gasteiger partial charge in [-0.3, -0.25) is 0 Å². The molecule has 14 heavy (non-hydrogen) atoms. The van der Waals surface area contributed by atoms with E-state index >= 15 is 0 Å². The van der Waals surface area contributed by atoms with Gasteiger partial charge in [0.2, 0.25) is 5.95 Å². The van der Waals surface area contributed by atoms with Gasteiger partial charge in [-0.2, -0.15) is 0 Å². The average Bonchev–Trinajstić information content (AvgIpc) is 2.30. The molecule has 76 valence electrons. The summed E-state index contributed by atoms with van der Waals surface area (Å²) in [6.45, 7) is 1.73. The first kappa shape index (κ1) is 9.40. The Morgan fingerprint density at radius 1 is 1.36 bits per heavy atom. The first-order valence-corrected chi connectivity index (χ1v) is 5.15. The van der Waals surface area contributed by atoms with Gasteiger partial charge in [-0.25, -0.2) is 9.97 Å². The van der Waals surface area contributed by atoms with Crippen molar-refractivity contribution < 1.29 is 0 Å². The molecule has 2 rings (SSSR count). The van der Waals surface area contributed by atoms with Crippen LogP contribution < -0.4 is 10.6 Å². The molecule has 1 aromatic rings. The molecule has 4 nitrogen and oxygen atoms in total. The van der Waals surface area contributed by atoms with E-state index in [1.54, 1.807) is 12.4 Å². The first-order chi connectivity index (χ1) is 6.92. The lowest BCUT2D eigenvalue weighted by Gasteiger charge is -2.34. The summed E-state index contributed by atoms with van der Waals surface area (Å²) in [5, 5.41) is 0. The lowest BCUT2D eigenvalue weighted by atomic mass is 10.0. The van der Waals surface area contributed by atoms with Crippen molar-refractivity contribution in [1.82, 2.24) is 9.97 Å². The van der Waals surface area contributed by atoms with Gasteiger partial charge < -0.3 is 10.6 Å². The molecule has 0 aromatic carbocycles. The van der Waals surface area contributed by atoms with Crippen LogP contribution in [0.3, 0.4) is 0 Å². The van der Waals surface area contributed by atoms with Crippen molar-refractivity contribution in [2.45, 2.75) is 25.3 Å². The van der Waals surface area contributed by atoms with Crippen LogP contribution in [0.4, 0.5) is 5.95 Å². The summed E-state index contributed by atoms with van der Waals surface area (Å²) in [6.07, 6.45) is 7.21. The Kier molecular flexibility index (Phi) is 2.93. The van der Waals surface area contributed by atoms with E-state index in [9.17, 15) is 0 Å². The molecule has 4 heteroatoms. The topological polar surface area (TPSA) is 55.0 Å². The van der Waals surface area contributed by atoms with Crippen molar-refractivity contribution >= 4 is 5.95 Å². The zero-order valence-electron chi connectivity index (χ0n) is 8.26. The predicted molar refractivity (Wildman–Crippen MR) is 56.1 cm³/mol. The normalized spacial score (nSPS) is 22.4. The summed E-state index contributed by atoms with van der Waals surface area (Å²) in [7, 11) is 0. The molecule has 0 aliphatic carbocycles. The molecule has 1 fully saturated rings. The monoisotopic (exact) mass is 192 g/mol. The van der Waals surface area contributed by atoms with Gasteiger partial charge in [-0.15, -0.1) is 0 Å². The Hall–Kier alpha value is -1.16. The van der Waals surface area contributed by atoms with E-state index in [1.165, 1.54) is 12.8 Å². The molecule has 0 bridgehead atoms. The van der Waals surface area contributed by atoms with Crippen LogP contribution in [-0.2, 0) is 0 Å². The highest BCUT2D eigenvalue weighted by molar-refractivity contribution is 5.31. The molecule has 2 heterocycles. The number of rotatable bonds is 2. The second-order valence-electron chi connectivity index (χ2n) is 3.63. The summed E-state index contributed by atoms with van der Waals surface area (Å²) in [6, 6.07) is 2.26. The maximum atomic E-state index is 5.73. The van der Waals surface area contributed by atoms with Crippen molar-refractivity contribution in [3.63, 3.8) is 0 Å². The van der Waals surface area contributed by atoms with Gasteiger partial charge in [-0.05, 0) is 25.3 Å². The fourth-order valence-electron chi connectivity index (χ4n) is 1.95. The Labute approximate surface area is 84.2 Å². The number of aromatic nitrogens is 2. The largest absolute Gasteiger partial charge is 0.337 e. The number of nitrogens with two attached hydrogens (primary N) is 1. The first-order valence-electron chi connectivity index (χ1n) is 5.15. The highest BCUT2D eigenvalue weighted by atomic mass is 15.3. The minimum atomic E-state index is 0.422. The Bertz CT molecular complexity index is 275. The van der Waals surface area contributed by atoms with Crippen LogP contribution in [0, 0.1) is 0 Å². The number of piperidine rings is 1. The highest BCUT2D eigenvalue weighted by Gasteiger charge is 2.22. The van der Waals surface area contributed by atoms with E-state index in [4.69, 9.17) is 5.73 Å². The van der Waals surface area contributed by atoms with Crippen LogP contribution in [0.15, 0.2) is 18.5 Å². The van der Waals surface area contributed by atoms with Gasteiger partial charge in [0.15, 0.2) is 0 Å². The third kappa shape index (κ3) is 1.85. The van der Waals surface area contributed by atoms with Crippen LogP contribution in [0.5, 0.6) is 0 Å². The number of anilines is 1. The van der Waals surface area contributed by atoms with Crippen LogP contribution in [0.1, 0.15) is 19.3 Å². The third-order valence-electron chi connectivity index (χ3n) is 2.71. The maximum Gasteiger partial charge on any atom is 0.225 e. The van der Waals surface area contributed by atoms with Gasteiger partial charge in [0.1, 0.15) is 0 Å². The van der Waals surface area contributed by atoms with Crippen molar-refractivity contribution in [3.05, 3.63) is 18.5 Å². The number of nitrogens with zero attached hydrogens (tertiary/aromatic N) is 3. The maximum absolute atomic E-state index is 5.73. The van der Waals surface area contributed by atoms with E-state index < -0.39 is 0 Å². The van der Waals surface area contributed by atoms with Crippen molar-refractivity contribution in [2.75, 3.05) is 18.0 Å². The molecule has 1 saturated heterocycles. The van der Waals surface area contributed by atoms with E-state index in [0.29, 0.717) is 12.6 Å². The predicted octanol–water partition coefficient (Wildman–Crippen LogP) is 0.794. The lowest BCUT2D eigenvalue weighted by molar-refractivity contribution is 0.458. The van der Waals surface area contributed by atoms with Crippen LogP contribution in [-0.4, -0.2) is 29.1 Å². The van der Waals surface area contributed by atoms with Crippen LogP contribution in [0.25, 0.3) is 0 Å². The summed E-state index contributed by atoms with van der Waals surface area (Å²) in [5.41, 5.74) is 5.73. The molecule has 0 unspecified atom stereocenters. The smallest absolute Gasteiger partial charge is 0.225 e. The Morgan fingerprint density at radius 2 is 2.14 bits per heavy atom. The molecule has 0 spiro atoms. The van der Waals surface area contributed by atoms with Gasteiger partial charge >= 0.3 is 0 Å². The van der Waals surface area contributed by atoms with E-state index in [2.05, 4.69) is 14.9 Å². The quantitative estimate of drug-likeness (QED) is 0.753. The van der Waals surface area contributed by atoms with Gasteiger partial charge in [0, 0.05) is 31.5 Å². The fraction of sp³-hybridized carbons (Fsp3) is 0.600. The molecule has 1 aromatic heterocycles. The molecule has 1 aliphatic rings. The second kappa shape index (κ2) is 4.37. The van der Waals surface area contributed by atoms with Gasteiger partial charge in [-0.1, -0.05) is 0 Å². The molecular weight excluding hydrogens is 176 g/mol. The lowest BCUT2D eigenvalue weighted by Crippen LogP contribution is -2.45. The third-order valence-corrected chi connectivity index (χ3v) is 2.71. The minimum absolute atomic E-state index is 0.422. The molecular formula is C10H16N4. The standard InChI is InChI=1S/C10H16N4/c11-8-9-4-1-2-7-14(9)10-12-5-3-6-13-10/h3,5-6,9H,1-2,4,7-8,11H2/t9-/m0/s1. The number of hydrogen-bond acceptors (Lipinski definition) is 4. The zero-order chi connectivity index (χ0) is 9.80. The minimum Gasteiger partial charge on any atom is -0.337 e. The summed E-state index contributed by atoms with van der Waals surface area (Å²) in [4.78, 5) is 10.7. The van der Waals surface area contributed by atoms with Crippen molar-refractivity contribution in [3.8, 4) is 0 Å². The Balaban J connectivity index is 2.15. The molecule has 2 N–H and O–H groups in total. The summed E-state index contributed by atoms with van der Waals surface area (Å²) >= 11 is 0. The van der Waals surface area contributed by atoms with Crippen LogP contribution >= 0.6 is 0 Å². The van der Waals surface area contributed by atoms with Crippen LogP contribution in [0.2, 0.25) is 0 Å². The zero-order valence-corrected chi connectivity index (χ0v) is 8.26. The second-order valence-corrected chi connectivity index (χ2v) is 3.63. The van der Waals surface area contributed by atoms with E-state index in [-0.39, 0.29) is 0 Å². The molecule has 1 atom stereocenters. The van der Waals surface area contributed by atoms with E-state index in [1.807, 2.05) is 6.07 Å². The van der Waals surface area contributed by atoms with Crippen molar-refractivity contribution in [1.29, 1.82) is 0 Å². The van der Waals surface area contributed by atoms with E-state index in [0.717, 1.165) is 18.9 Å². The highest BCUT2D eigenvalue weighted by Crippen LogP contribution is 2.20. The fourth-order valence-corrected chi connectivity index (χ4v) is 1.95. The Morgan fingerprint density at radius 3 is 2.86 bits per heavy atom. The summed E-state index contributed by atoms with van der Waals surface area (Å²) in [5.74, 6) is 0.822. The average molecular weight is 192 g/mol. The molecule has 0 radical (unpaired) electrons. The van der Waals surface area contributed by atoms with Crippen molar-refractivity contribution in [2.24, 2.45) is 5.73 Å².